The third-order valence-electron chi connectivity index (χ3n) is 1.98. The highest BCUT2D eigenvalue weighted by molar-refractivity contribution is 5.91. The quantitative estimate of drug-likeness (QED) is 0.445. The summed E-state index contributed by atoms with van der Waals surface area (Å²) >= 11 is 0. The van der Waals surface area contributed by atoms with Crippen LogP contribution < -0.4 is 10.9 Å². The number of hydrogen-bond acceptors (Lipinski definition) is 4. The van der Waals surface area contributed by atoms with Gasteiger partial charge in [0.1, 0.15) is 6.54 Å². The third-order valence-corrected chi connectivity index (χ3v) is 1.98. The van der Waals surface area contributed by atoms with Gasteiger partial charge in [0.05, 0.1) is 6.61 Å². The van der Waals surface area contributed by atoms with Crippen molar-refractivity contribution < 1.29 is 14.3 Å². The van der Waals surface area contributed by atoms with Gasteiger partial charge in [-0.2, -0.15) is 0 Å². The molecule has 1 rings (SSSR count). The summed E-state index contributed by atoms with van der Waals surface area (Å²) in [5.74, 6) is -0.743. The van der Waals surface area contributed by atoms with E-state index in [1.54, 1.807) is 13.0 Å². The Bertz CT molecular complexity index is 416. The first-order chi connectivity index (χ1) is 8.72. The summed E-state index contributed by atoms with van der Waals surface area (Å²) in [4.78, 5) is 22.3. The predicted molar refractivity (Wildman–Crippen MR) is 68.3 cm³/mol. The number of nitrogens with one attached hydrogen (secondary N) is 2. The van der Waals surface area contributed by atoms with Gasteiger partial charge in [0.2, 0.25) is 0 Å². The summed E-state index contributed by atoms with van der Waals surface area (Å²) in [6.07, 6.45) is 3.06. The van der Waals surface area contributed by atoms with Gasteiger partial charge < -0.3 is 4.74 Å². The Kier molecular flexibility index (Phi) is 6.21. The number of amides is 1. The molecule has 0 saturated heterocycles. The third kappa shape index (κ3) is 5.81. The average Bonchev–Trinajstić information content (AvgIpc) is 2.38. The molecule has 0 aromatic heterocycles. The Morgan fingerprint density at radius 2 is 2.00 bits per heavy atom. The molecule has 0 fully saturated rings. The largest absolute Gasteiger partial charge is 0.465 e. The number of hydrogen-bond donors (Lipinski definition) is 2. The van der Waals surface area contributed by atoms with E-state index in [1.165, 1.54) is 6.08 Å². The highest BCUT2D eigenvalue weighted by Gasteiger charge is 2.00. The number of carbonyl (C=O) groups is 2. The highest BCUT2D eigenvalue weighted by Crippen LogP contribution is 1.99. The topological polar surface area (TPSA) is 67.4 Å². The first-order valence-corrected chi connectivity index (χ1v) is 5.64. The van der Waals surface area contributed by atoms with Crippen molar-refractivity contribution in [2.45, 2.75) is 6.92 Å². The van der Waals surface area contributed by atoms with Crippen LogP contribution in [0.25, 0.3) is 6.08 Å². The smallest absolute Gasteiger partial charge is 0.321 e. The van der Waals surface area contributed by atoms with Gasteiger partial charge in [-0.25, -0.2) is 5.43 Å². The summed E-state index contributed by atoms with van der Waals surface area (Å²) < 4.78 is 4.68. The molecule has 0 unspecified atom stereocenters. The Hall–Kier alpha value is -2.14. The SMILES string of the molecule is CCOC(=O)CNNC(=O)/C=C/c1ccccc1. The van der Waals surface area contributed by atoms with E-state index in [1.807, 2.05) is 30.3 Å². The van der Waals surface area contributed by atoms with E-state index in [2.05, 4.69) is 15.6 Å². The van der Waals surface area contributed by atoms with Crippen LogP contribution in [0.5, 0.6) is 0 Å². The summed E-state index contributed by atoms with van der Waals surface area (Å²) in [5.41, 5.74) is 5.78. The van der Waals surface area contributed by atoms with Gasteiger partial charge in [-0.05, 0) is 18.6 Å². The van der Waals surface area contributed by atoms with Gasteiger partial charge in [-0.15, -0.1) is 0 Å². The minimum absolute atomic E-state index is 0.0568. The monoisotopic (exact) mass is 248 g/mol. The standard InChI is InChI=1S/C13H16N2O3/c1-2-18-13(17)10-14-15-12(16)9-8-11-6-4-3-5-7-11/h3-9,14H,2,10H2,1H3,(H,15,16)/b9-8+. The number of benzene rings is 1. The van der Waals surface area contributed by atoms with E-state index in [0.29, 0.717) is 6.61 Å². The Labute approximate surface area is 106 Å². The summed E-state index contributed by atoms with van der Waals surface area (Å²) in [5, 5.41) is 0. The van der Waals surface area contributed by atoms with Crippen molar-refractivity contribution in [3.05, 3.63) is 42.0 Å². The molecule has 18 heavy (non-hydrogen) atoms. The molecule has 0 aliphatic rings. The van der Waals surface area contributed by atoms with Crippen LogP contribution >= 0.6 is 0 Å². The van der Waals surface area contributed by atoms with Crippen molar-refractivity contribution >= 4 is 18.0 Å². The van der Waals surface area contributed by atoms with E-state index in [9.17, 15) is 9.59 Å². The molecule has 1 amide bonds. The van der Waals surface area contributed by atoms with Crippen LogP contribution in [0.15, 0.2) is 36.4 Å². The maximum atomic E-state index is 11.3. The second kappa shape index (κ2) is 8.03. The zero-order chi connectivity index (χ0) is 13.2. The molecule has 0 aliphatic carbocycles. The van der Waals surface area contributed by atoms with Gasteiger partial charge in [-0.3, -0.25) is 15.0 Å². The van der Waals surface area contributed by atoms with Crippen molar-refractivity contribution in [3.8, 4) is 0 Å². The van der Waals surface area contributed by atoms with Crippen LogP contribution in [0.2, 0.25) is 0 Å². The normalized spacial score (nSPS) is 10.3. The Balaban J connectivity index is 2.26. The lowest BCUT2D eigenvalue weighted by Gasteiger charge is -2.04. The van der Waals surface area contributed by atoms with Crippen LogP contribution in [0.4, 0.5) is 0 Å². The van der Waals surface area contributed by atoms with Crippen molar-refractivity contribution in [2.75, 3.05) is 13.2 Å². The fraction of sp³-hybridized carbons (Fsp3) is 0.231. The molecule has 1 aromatic rings. The van der Waals surface area contributed by atoms with Crippen LogP contribution in [0.1, 0.15) is 12.5 Å². The molecule has 0 aliphatic heterocycles. The van der Waals surface area contributed by atoms with Gasteiger partial charge in [0, 0.05) is 6.08 Å². The summed E-state index contributed by atoms with van der Waals surface area (Å²) in [7, 11) is 0. The molecule has 96 valence electrons. The molecule has 0 bridgehead atoms. The zero-order valence-corrected chi connectivity index (χ0v) is 10.2. The van der Waals surface area contributed by atoms with E-state index < -0.39 is 5.97 Å². The minimum atomic E-state index is -0.412. The van der Waals surface area contributed by atoms with Crippen molar-refractivity contribution in [1.29, 1.82) is 0 Å². The maximum absolute atomic E-state index is 11.3. The molecule has 5 nitrogen and oxygen atoms in total. The second-order valence-electron chi connectivity index (χ2n) is 3.39. The lowest BCUT2D eigenvalue weighted by atomic mass is 10.2. The molecule has 2 N–H and O–H groups in total. The van der Waals surface area contributed by atoms with Crippen LogP contribution in [-0.4, -0.2) is 25.0 Å². The number of ether oxygens (including phenoxy) is 1. The van der Waals surface area contributed by atoms with Crippen molar-refractivity contribution in [3.63, 3.8) is 0 Å². The van der Waals surface area contributed by atoms with Crippen molar-refractivity contribution in [1.82, 2.24) is 10.9 Å². The molecule has 1 aromatic carbocycles. The van der Waals surface area contributed by atoms with E-state index in [-0.39, 0.29) is 12.5 Å². The molecule has 0 saturated carbocycles. The lowest BCUT2D eigenvalue weighted by molar-refractivity contribution is -0.142. The summed E-state index contributed by atoms with van der Waals surface area (Å²) in [6.45, 7) is 1.99. The fourth-order valence-corrected chi connectivity index (χ4v) is 1.19. The van der Waals surface area contributed by atoms with Crippen molar-refractivity contribution in [2.24, 2.45) is 0 Å². The first-order valence-electron chi connectivity index (χ1n) is 5.64. The van der Waals surface area contributed by atoms with E-state index in [4.69, 9.17) is 0 Å². The first kappa shape index (κ1) is 13.9. The van der Waals surface area contributed by atoms with Crippen LogP contribution in [0.3, 0.4) is 0 Å². The number of carbonyl (C=O) groups excluding carboxylic acids is 2. The molecular formula is C13H16N2O3. The van der Waals surface area contributed by atoms with Gasteiger partial charge in [0.25, 0.3) is 5.91 Å². The molecule has 0 atom stereocenters. The molecule has 5 heteroatoms. The minimum Gasteiger partial charge on any atom is -0.465 e. The van der Waals surface area contributed by atoms with E-state index >= 15 is 0 Å². The van der Waals surface area contributed by atoms with Gasteiger partial charge >= 0.3 is 5.97 Å². The average molecular weight is 248 g/mol. The number of esters is 1. The lowest BCUT2D eigenvalue weighted by Crippen LogP contribution is -2.40. The van der Waals surface area contributed by atoms with Crippen LogP contribution in [0, 0.1) is 0 Å². The molecule has 0 radical (unpaired) electrons. The fourth-order valence-electron chi connectivity index (χ4n) is 1.19. The molecule has 0 spiro atoms. The van der Waals surface area contributed by atoms with Gasteiger partial charge in [0.15, 0.2) is 0 Å². The highest BCUT2D eigenvalue weighted by atomic mass is 16.5. The summed E-state index contributed by atoms with van der Waals surface area (Å²) in [6, 6.07) is 9.44. The maximum Gasteiger partial charge on any atom is 0.321 e. The Morgan fingerprint density at radius 1 is 1.28 bits per heavy atom. The molecule has 0 heterocycles. The molecular weight excluding hydrogens is 232 g/mol. The predicted octanol–water partition coefficient (Wildman–Crippen LogP) is 0.884. The van der Waals surface area contributed by atoms with Crippen LogP contribution in [-0.2, 0) is 14.3 Å². The number of rotatable bonds is 6. The van der Waals surface area contributed by atoms with E-state index in [0.717, 1.165) is 5.56 Å². The Morgan fingerprint density at radius 3 is 2.67 bits per heavy atom. The zero-order valence-electron chi connectivity index (χ0n) is 10.2. The second-order valence-corrected chi connectivity index (χ2v) is 3.39. The van der Waals surface area contributed by atoms with Gasteiger partial charge in [-0.1, -0.05) is 30.3 Å². The number of hydrazine groups is 1.